The smallest absolute Gasteiger partial charge is 0.340 e. The Hall–Kier alpha value is -1.99. The lowest BCUT2D eigenvalue weighted by atomic mass is 9.92. The van der Waals surface area contributed by atoms with Crippen molar-refractivity contribution >= 4 is 39.1 Å². The second-order valence-corrected chi connectivity index (χ2v) is 9.13. The van der Waals surface area contributed by atoms with E-state index in [0.717, 1.165) is 59.6 Å². The molecular weight excluding hydrogens is 430 g/mol. The van der Waals surface area contributed by atoms with Crippen LogP contribution in [0.1, 0.15) is 47.3 Å². The first-order valence-electron chi connectivity index (χ1n) is 10.9. The molecule has 5 nitrogen and oxygen atoms in total. The summed E-state index contributed by atoms with van der Waals surface area (Å²) in [5.74, 6) is -0.308. The van der Waals surface area contributed by atoms with Crippen LogP contribution in [0.25, 0.3) is 21.3 Å². The second kappa shape index (κ2) is 9.65. The highest BCUT2D eigenvalue weighted by molar-refractivity contribution is 7.19. The van der Waals surface area contributed by atoms with Gasteiger partial charge in [0.05, 0.1) is 17.9 Å². The molecule has 7 heteroatoms. The molecular formula is C24H28ClN3O2S. The number of esters is 1. The van der Waals surface area contributed by atoms with Crippen LogP contribution in [0.15, 0.2) is 24.3 Å². The summed E-state index contributed by atoms with van der Waals surface area (Å²) in [6, 6.07) is 7.74. The number of fused-ring (bicyclic) bond motifs is 3. The minimum atomic E-state index is -0.308. The number of hydrogen-bond donors (Lipinski definition) is 1. The van der Waals surface area contributed by atoms with Crippen molar-refractivity contribution < 1.29 is 9.53 Å². The average molecular weight is 458 g/mol. The number of nitrogens with one attached hydrogen (secondary N) is 1. The number of halogens is 1. The highest BCUT2D eigenvalue weighted by Gasteiger charge is 2.28. The van der Waals surface area contributed by atoms with Gasteiger partial charge in [0.2, 0.25) is 0 Å². The molecule has 1 aliphatic rings. The van der Waals surface area contributed by atoms with Crippen molar-refractivity contribution in [1.82, 2.24) is 15.2 Å². The number of carbonyl (C=O) groups excluding carboxylic acids is 1. The largest absolute Gasteiger partial charge is 0.462 e. The van der Waals surface area contributed by atoms with Gasteiger partial charge in [-0.1, -0.05) is 37.6 Å². The lowest BCUT2D eigenvalue weighted by molar-refractivity contribution is 0.0524. The molecule has 0 saturated heterocycles. The van der Waals surface area contributed by atoms with E-state index in [9.17, 15) is 4.79 Å². The Balaban J connectivity index is 2.06. The second-order valence-electron chi connectivity index (χ2n) is 7.61. The van der Waals surface area contributed by atoms with Gasteiger partial charge in [-0.05, 0) is 56.2 Å². The number of rotatable bonds is 7. The summed E-state index contributed by atoms with van der Waals surface area (Å²) in [4.78, 5) is 22.9. The Morgan fingerprint density at radius 3 is 2.65 bits per heavy atom. The van der Waals surface area contributed by atoms with E-state index >= 15 is 0 Å². The average Bonchev–Trinajstić information content (AvgIpc) is 3.15. The SMILES string of the molecule is CCOC(=O)c1c(CN(CC)CC)nc2sc3c(c2c1-c1ccc(Cl)cc1)CCNC3. The first-order chi connectivity index (χ1) is 15.1. The zero-order valence-corrected chi connectivity index (χ0v) is 19.8. The van der Waals surface area contributed by atoms with E-state index in [4.69, 9.17) is 21.3 Å². The molecule has 0 unspecified atom stereocenters. The molecule has 0 atom stereocenters. The van der Waals surface area contributed by atoms with E-state index in [1.807, 2.05) is 31.2 Å². The summed E-state index contributed by atoms with van der Waals surface area (Å²) in [5.41, 5.74) is 4.58. The zero-order chi connectivity index (χ0) is 22.0. The van der Waals surface area contributed by atoms with Gasteiger partial charge in [-0.3, -0.25) is 4.90 Å². The van der Waals surface area contributed by atoms with Gasteiger partial charge < -0.3 is 10.1 Å². The molecule has 3 heterocycles. The number of ether oxygens (including phenoxy) is 1. The molecule has 1 N–H and O–H groups in total. The molecule has 0 spiro atoms. The van der Waals surface area contributed by atoms with Crippen LogP contribution in [0.4, 0.5) is 0 Å². The van der Waals surface area contributed by atoms with E-state index in [0.29, 0.717) is 23.7 Å². The Bertz CT molecular complexity index is 1090. The fourth-order valence-corrected chi connectivity index (χ4v) is 5.55. The van der Waals surface area contributed by atoms with Gasteiger partial charge in [0, 0.05) is 33.9 Å². The molecule has 0 radical (unpaired) electrons. The van der Waals surface area contributed by atoms with Crippen LogP contribution in [0.3, 0.4) is 0 Å². The summed E-state index contributed by atoms with van der Waals surface area (Å²) in [6.45, 7) is 10.6. The molecule has 31 heavy (non-hydrogen) atoms. The Morgan fingerprint density at radius 2 is 1.97 bits per heavy atom. The number of pyridine rings is 1. The molecule has 0 aliphatic carbocycles. The van der Waals surface area contributed by atoms with Crippen LogP contribution in [0, 0.1) is 0 Å². The molecule has 1 aromatic carbocycles. The topological polar surface area (TPSA) is 54.5 Å². The van der Waals surface area contributed by atoms with E-state index in [2.05, 4.69) is 24.1 Å². The van der Waals surface area contributed by atoms with Crippen molar-refractivity contribution in [2.45, 2.75) is 40.3 Å². The summed E-state index contributed by atoms with van der Waals surface area (Å²) in [6.07, 6.45) is 0.926. The van der Waals surface area contributed by atoms with E-state index in [-0.39, 0.29) is 5.97 Å². The predicted octanol–water partition coefficient (Wildman–Crippen LogP) is 5.28. The first-order valence-corrected chi connectivity index (χ1v) is 12.1. The fourth-order valence-electron chi connectivity index (χ4n) is 4.21. The van der Waals surface area contributed by atoms with Crippen molar-refractivity contribution in [3.8, 4) is 11.1 Å². The van der Waals surface area contributed by atoms with Crippen molar-refractivity contribution in [3.05, 3.63) is 51.0 Å². The van der Waals surface area contributed by atoms with E-state index in [1.165, 1.54) is 10.4 Å². The quantitative estimate of drug-likeness (QED) is 0.489. The van der Waals surface area contributed by atoms with Gasteiger partial charge in [-0.15, -0.1) is 11.3 Å². The monoisotopic (exact) mass is 457 g/mol. The molecule has 0 saturated carbocycles. The van der Waals surface area contributed by atoms with Crippen LogP contribution in [0.2, 0.25) is 5.02 Å². The molecule has 2 aromatic heterocycles. The standard InChI is InChI=1S/C24H28ClN3O2S/c1-4-28(5-2)14-18-22(24(29)30-6-3)20(15-7-9-16(25)10-8-15)21-17-11-12-26-13-19(17)31-23(21)27-18/h7-10,26H,4-6,11-14H2,1-3H3. The van der Waals surface area contributed by atoms with Crippen LogP contribution in [0.5, 0.6) is 0 Å². The number of nitrogens with zero attached hydrogens (tertiary/aromatic N) is 2. The third-order valence-corrected chi connectivity index (χ3v) is 7.19. The molecule has 3 aromatic rings. The van der Waals surface area contributed by atoms with Crippen molar-refractivity contribution in [1.29, 1.82) is 0 Å². The molecule has 164 valence electrons. The summed E-state index contributed by atoms with van der Waals surface area (Å²) in [5, 5.41) is 5.22. The third kappa shape index (κ3) is 4.35. The van der Waals surface area contributed by atoms with Crippen LogP contribution < -0.4 is 5.32 Å². The Kier molecular flexibility index (Phi) is 6.92. The number of benzene rings is 1. The minimum absolute atomic E-state index is 0.308. The van der Waals surface area contributed by atoms with Crippen molar-refractivity contribution in [2.24, 2.45) is 0 Å². The number of aromatic nitrogens is 1. The number of thiophene rings is 1. The summed E-state index contributed by atoms with van der Waals surface area (Å²) < 4.78 is 5.54. The maximum atomic E-state index is 13.3. The van der Waals surface area contributed by atoms with Gasteiger partial charge in [-0.25, -0.2) is 9.78 Å². The summed E-state index contributed by atoms with van der Waals surface area (Å²) >= 11 is 7.92. The molecule has 0 amide bonds. The van der Waals surface area contributed by atoms with Crippen molar-refractivity contribution in [2.75, 3.05) is 26.2 Å². The highest BCUT2D eigenvalue weighted by atomic mass is 35.5. The number of carbonyl (C=O) groups is 1. The minimum Gasteiger partial charge on any atom is -0.462 e. The summed E-state index contributed by atoms with van der Waals surface area (Å²) in [7, 11) is 0. The normalized spacial score (nSPS) is 13.6. The van der Waals surface area contributed by atoms with Crippen LogP contribution >= 0.6 is 22.9 Å². The maximum Gasteiger partial charge on any atom is 0.340 e. The maximum absolute atomic E-state index is 13.3. The lowest BCUT2D eigenvalue weighted by Gasteiger charge is -2.22. The van der Waals surface area contributed by atoms with Crippen LogP contribution in [-0.2, 0) is 24.2 Å². The highest BCUT2D eigenvalue weighted by Crippen LogP contribution is 2.42. The molecule has 0 bridgehead atoms. The Labute approximate surface area is 192 Å². The van der Waals surface area contributed by atoms with E-state index < -0.39 is 0 Å². The first kappa shape index (κ1) is 22.2. The predicted molar refractivity (Wildman–Crippen MR) is 128 cm³/mol. The van der Waals surface area contributed by atoms with Crippen LogP contribution in [-0.4, -0.2) is 42.1 Å². The van der Waals surface area contributed by atoms with Gasteiger partial charge in [0.15, 0.2) is 0 Å². The third-order valence-electron chi connectivity index (χ3n) is 5.81. The van der Waals surface area contributed by atoms with Gasteiger partial charge in [0.1, 0.15) is 4.83 Å². The Morgan fingerprint density at radius 1 is 1.23 bits per heavy atom. The molecule has 1 aliphatic heterocycles. The zero-order valence-electron chi connectivity index (χ0n) is 18.3. The van der Waals surface area contributed by atoms with Gasteiger partial charge >= 0.3 is 5.97 Å². The van der Waals surface area contributed by atoms with E-state index in [1.54, 1.807) is 11.3 Å². The lowest BCUT2D eigenvalue weighted by Crippen LogP contribution is -2.25. The van der Waals surface area contributed by atoms with Gasteiger partial charge in [0.25, 0.3) is 0 Å². The molecule has 4 rings (SSSR count). The fraction of sp³-hybridized carbons (Fsp3) is 0.417. The van der Waals surface area contributed by atoms with Gasteiger partial charge in [-0.2, -0.15) is 0 Å². The number of hydrogen-bond acceptors (Lipinski definition) is 6. The molecule has 0 fully saturated rings. The van der Waals surface area contributed by atoms with Crippen molar-refractivity contribution in [3.63, 3.8) is 0 Å².